The predicted molar refractivity (Wildman–Crippen MR) is 82.8 cm³/mol. The maximum absolute atomic E-state index is 12.0. The molecule has 0 saturated heterocycles. The fourth-order valence-electron chi connectivity index (χ4n) is 7.62. The van der Waals surface area contributed by atoms with Crippen LogP contribution in [0.3, 0.4) is 0 Å². The minimum absolute atomic E-state index is 0.0615. The van der Waals surface area contributed by atoms with Gasteiger partial charge >= 0.3 is 0 Å². The molecule has 0 heterocycles. The summed E-state index contributed by atoms with van der Waals surface area (Å²) in [6, 6.07) is 0. The largest absolute Gasteiger partial charge is 0.387 e. The minimum Gasteiger partial charge on any atom is -0.387 e. The van der Waals surface area contributed by atoms with Gasteiger partial charge < -0.3 is 15.3 Å². The van der Waals surface area contributed by atoms with E-state index in [1.165, 1.54) is 12.8 Å². The summed E-state index contributed by atoms with van der Waals surface area (Å²) in [6.45, 7) is 1.23. The topological polar surface area (TPSA) is 52.6 Å². The summed E-state index contributed by atoms with van der Waals surface area (Å²) < 4.78 is 0. The fourth-order valence-corrected chi connectivity index (χ4v) is 7.62. The molecule has 2 N–H and O–H groups in total. The molecule has 0 aromatic carbocycles. The average Bonchev–Trinajstić information content (AvgIpc) is 2.95. The van der Waals surface area contributed by atoms with Crippen LogP contribution in [0.4, 0.5) is 0 Å². The van der Waals surface area contributed by atoms with E-state index < -0.39 is 5.60 Å². The summed E-state index contributed by atoms with van der Waals surface area (Å²) in [5.74, 6) is 5.88. The Morgan fingerprint density at radius 1 is 1.18 bits per heavy atom. The summed E-state index contributed by atoms with van der Waals surface area (Å²) in [6.07, 6.45) is 6.22. The smallest absolute Gasteiger partial charge is 0.243 e. The number of nitrogens with zero attached hydrogens (tertiary/aromatic N) is 1. The number of carbonyl (C=O) groups is 1. The van der Waals surface area contributed by atoms with Gasteiger partial charge in [0.2, 0.25) is 5.91 Å². The van der Waals surface area contributed by atoms with Crippen LogP contribution in [0.25, 0.3) is 0 Å². The first kappa shape index (κ1) is 13.6. The van der Waals surface area contributed by atoms with Gasteiger partial charge in [0.25, 0.3) is 0 Å². The SMILES string of the molecule is CN(C)C/C=C/C(=O)NCC1(O)C2C3CC4C5C3CC2C5C41. The van der Waals surface area contributed by atoms with Crippen molar-refractivity contribution in [2.45, 2.75) is 18.4 Å². The second-order valence-corrected chi connectivity index (χ2v) is 8.71. The summed E-state index contributed by atoms with van der Waals surface area (Å²) in [4.78, 5) is 14.0. The van der Waals surface area contributed by atoms with Crippen LogP contribution in [0.5, 0.6) is 0 Å². The van der Waals surface area contributed by atoms with Gasteiger partial charge in [-0.05, 0) is 74.3 Å². The highest BCUT2D eigenvalue weighted by molar-refractivity contribution is 5.87. The first-order valence-electron chi connectivity index (χ1n) is 8.84. The molecule has 1 amide bonds. The van der Waals surface area contributed by atoms with Crippen molar-refractivity contribution in [1.82, 2.24) is 10.2 Å². The van der Waals surface area contributed by atoms with Crippen molar-refractivity contribution >= 4 is 5.91 Å². The van der Waals surface area contributed by atoms with E-state index in [1.807, 2.05) is 25.1 Å². The summed E-state index contributed by atoms with van der Waals surface area (Å²) >= 11 is 0. The van der Waals surface area contributed by atoms with Crippen LogP contribution in [0.15, 0.2) is 12.2 Å². The average molecular weight is 302 g/mol. The highest BCUT2D eigenvalue weighted by Crippen LogP contribution is 2.85. The van der Waals surface area contributed by atoms with Crippen LogP contribution < -0.4 is 5.32 Å². The van der Waals surface area contributed by atoms with Gasteiger partial charge in [0.05, 0.1) is 5.60 Å². The van der Waals surface area contributed by atoms with Gasteiger partial charge in [-0.25, -0.2) is 0 Å². The van der Waals surface area contributed by atoms with Crippen LogP contribution in [-0.4, -0.2) is 48.7 Å². The molecule has 0 aromatic heterocycles. The van der Waals surface area contributed by atoms with Crippen molar-refractivity contribution in [3.63, 3.8) is 0 Å². The van der Waals surface area contributed by atoms with Gasteiger partial charge in [0, 0.05) is 19.2 Å². The van der Waals surface area contributed by atoms with Crippen LogP contribution in [-0.2, 0) is 4.79 Å². The van der Waals surface area contributed by atoms with Crippen molar-refractivity contribution < 1.29 is 9.90 Å². The highest BCUT2D eigenvalue weighted by atomic mass is 16.3. The Labute approximate surface area is 131 Å². The number of nitrogens with one attached hydrogen (secondary N) is 1. The Morgan fingerprint density at radius 3 is 2.68 bits per heavy atom. The molecule has 0 spiro atoms. The number of likely N-dealkylation sites (N-methyl/N-ethyl adjacent to an activating group) is 1. The lowest BCUT2D eigenvalue weighted by Gasteiger charge is -2.51. The zero-order chi connectivity index (χ0) is 15.2. The molecule has 9 unspecified atom stereocenters. The minimum atomic E-state index is -0.601. The normalized spacial score (nSPS) is 55.6. The predicted octanol–water partition coefficient (Wildman–Crippen LogP) is 0.729. The van der Waals surface area contributed by atoms with Gasteiger partial charge in [0.1, 0.15) is 0 Å². The van der Waals surface area contributed by atoms with E-state index in [0.717, 1.165) is 42.1 Å². The molecule has 0 radical (unpaired) electrons. The third-order valence-corrected chi connectivity index (χ3v) is 7.80. The quantitative estimate of drug-likeness (QED) is 0.736. The Bertz CT molecular complexity index is 553. The van der Waals surface area contributed by atoms with E-state index >= 15 is 0 Å². The maximum Gasteiger partial charge on any atom is 0.243 e. The molecule has 5 aliphatic carbocycles. The standard InChI is InChI=1S/C18H26N2O2/c1-20(2)5-3-4-13(21)19-8-18(22)16-10-7-11-14-9(10)6-12(16)15(14)17(11)18/h3-4,9-12,14-17,22H,5-8H2,1-2H3,(H,19,21)/b4-3+. The molecule has 120 valence electrons. The number of hydrogen-bond donors (Lipinski definition) is 2. The van der Waals surface area contributed by atoms with Crippen molar-refractivity contribution in [3.05, 3.63) is 12.2 Å². The molecule has 22 heavy (non-hydrogen) atoms. The monoisotopic (exact) mass is 302 g/mol. The number of hydrogen-bond acceptors (Lipinski definition) is 3. The first-order chi connectivity index (χ1) is 10.5. The molecule has 2 bridgehead atoms. The van der Waals surface area contributed by atoms with Gasteiger partial charge in [-0.2, -0.15) is 0 Å². The van der Waals surface area contributed by atoms with Gasteiger partial charge in [0.15, 0.2) is 0 Å². The molecule has 5 saturated carbocycles. The first-order valence-corrected chi connectivity index (χ1v) is 8.84. The Kier molecular flexibility index (Phi) is 2.56. The molecule has 9 atom stereocenters. The second kappa shape index (κ2) is 4.15. The third kappa shape index (κ3) is 1.40. The summed E-state index contributed by atoms with van der Waals surface area (Å²) in [7, 11) is 3.96. The Balaban J connectivity index is 1.28. The van der Waals surface area contributed by atoms with E-state index in [1.54, 1.807) is 6.08 Å². The van der Waals surface area contributed by atoms with Gasteiger partial charge in [-0.1, -0.05) is 6.08 Å². The number of amides is 1. The van der Waals surface area contributed by atoms with E-state index in [9.17, 15) is 9.90 Å². The lowest BCUT2D eigenvalue weighted by molar-refractivity contribution is -0.135. The lowest BCUT2D eigenvalue weighted by atomic mass is 9.56. The zero-order valence-electron chi connectivity index (χ0n) is 13.4. The third-order valence-electron chi connectivity index (χ3n) is 7.80. The van der Waals surface area contributed by atoms with Gasteiger partial charge in [-0.15, -0.1) is 0 Å². The molecular weight excluding hydrogens is 276 g/mol. The molecule has 5 fully saturated rings. The molecule has 0 aliphatic heterocycles. The molecule has 0 aromatic rings. The lowest BCUT2D eigenvalue weighted by Crippen LogP contribution is -2.58. The second-order valence-electron chi connectivity index (χ2n) is 8.71. The Morgan fingerprint density at radius 2 is 1.91 bits per heavy atom. The molecular formula is C18H26N2O2. The Hall–Kier alpha value is -0.870. The molecule has 5 rings (SSSR count). The highest BCUT2D eigenvalue weighted by Gasteiger charge is 2.84. The molecule has 4 heteroatoms. The van der Waals surface area contributed by atoms with Crippen LogP contribution >= 0.6 is 0 Å². The van der Waals surface area contributed by atoms with E-state index in [2.05, 4.69) is 5.32 Å². The van der Waals surface area contributed by atoms with E-state index in [4.69, 9.17) is 0 Å². The number of fused-ring (bicyclic) bond motifs is 2. The van der Waals surface area contributed by atoms with Crippen LogP contribution in [0.1, 0.15) is 12.8 Å². The van der Waals surface area contributed by atoms with Crippen LogP contribution in [0, 0.1) is 47.3 Å². The van der Waals surface area contributed by atoms with Crippen LogP contribution in [0.2, 0.25) is 0 Å². The summed E-state index contributed by atoms with van der Waals surface area (Å²) in [5.41, 5.74) is -0.601. The van der Waals surface area contributed by atoms with Crippen molar-refractivity contribution in [2.24, 2.45) is 47.3 Å². The molecule has 5 aliphatic rings. The fraction of sp³-hybridized carbons (Fsp3) is 0.833. The molecule has 4 nitrogen and oxygen atoms in total. The van der Waals surface area contributed by atoms with Crippen molar-refractivity contribution in [1.29, 1.82) is 0 Å². The number of rotatable bonds is 5. The van der Waals surface area contributed by atoms with Gasteiger partial charge in [-0.3, -0.25) is 4.79 Å². The number of carbonyl (C=O) groups excluding carboxylic acids is 1. The number of aliphatic hydroxyl groups is 1. The summed E-state index contributed by atoms with van der Waals surface area (Å²) in [5, 5.41) is 14.4. The van der Waals surface area contributed by atoms with E-state index in [-0.39, 0.29) is 5.91 Å². The van der Waals surface area contributed by atoms with Crippen molar-refractivity contribution in [3.8, 4) is 0 Å². The van der Waals surface area contributed by atoms with Crippen molar-refractivity contribution in [2.75, 3.05) is 27.2 Å². The maximum atomic E-state index is 12.0. The van der Waals surface area contributed by atoms with E-state index in [0.29, 0.717) is 18.4 Å². The zero-order valence-corrected chi connectivity index (χ0v) is 13.4.